The highest BCUT2D eigenvalue weighted by Gasteiger charge is 2.17. The van der Waals surface area contributed by atoms with Crippen LogP contribution in [0.15, 0.2) is 29.2 Å². The van der Waals surface area contributed by atoms with Gasteiger partial charge in [-0.15, -0.1) is 0 Å². The van der Waals surface area contributed by atoms with Crippen LogP contribution >= 0.6 is 0 Å². The first-order valence-electron chi connectivity index (χ1n) is 7.94. The summed E-state index contributed by atoms with van der Waals surface area (Å²) < 4.78 is 11.5. The van der Waals surface area contributed by atoms with Crippen LogP contribution in [-0.4, -0.2) is 23.3 Å². The lowest BCUT2D eigenvalue weighted by Crippen LogP contribution is -2.22. The average molecular weight is 331 g/mol. The largest absolute Gasteiger partial charge is 0.428 e. The number of benzene rings is 1. The maximum Gasteiger partial charge on any atom is 0.346 e. The van der Waals surface area contributed by atoms with E-state index in [2.05, 4.69) is 0 Å². The Bertz CT molecular complexity index is 822. The van der Waals surface area contributed by atoms with Crippen LogP contribution in [0, 0.1) is 6.92 Å². The van der Waals surface area contributed by atoms with Crippen LogP contribution < -0.4 is 5.43 Å². The van der Waals surface area contributed by atoms with Crippen LogP contribution in [0.1, 0.15) is 42.6 Å². The molecule has 0 saturated heterocycles. The Morgan fingerprint density at radius 3 is 2.58 bits per heavy atom. The normalized spacial score (nSPS) is 10.6. The van der Waals surface area contributed by atoms with Gasteiger partial charge in [0.15, 0.2) is 0 Å². The van der Waals surface area contributed by atoms with Gasteiger partial charge in [-0.2, -0.15) is 0 Å². The maximum absolute atomic E-state index is 12.5. The fourth-order valence-electron chi connectivity index (χ4n) is 2.41. The second-order valence-electron chi connectivity index (χ2n) is 5.49. The smallest absolute Gasteiger partial charge is 0.346 e. The Labute approximate surface area is 140 Å². The lowest BCUT2D eigenvalue weighted by atomic mass is 10.1. The molecule has 0 bridgehead atoms. The lowest BCUT2D eigenvalue weighted by molar-refractivity contribution is -0.152. The number of hydrogen-bond acceptors (Lipinski definition) is 5. The minimum atomic E-state index is -0.797. The molecule has 1 aromatic carbocycles. The van der Waals surface area contributed by atoms with E-state index in [-0.39, 0.29) is 17.4 Å². The minimum absolute atomic E-state index is 0.0697. The van der Waals surface area contributed by atoms with E-state index in [1.54, 1.807) is 6.07 Å². The molecule has 0 aliphatic carbocycles. The van der Waals surface area contributed by atoms with Gasteiger partial charge in [0.2, 0.25) is 12.2 Å². The molecule has 0 aliphatic rings. The predicted octanol–water partition coefficient (Wildman–Crippen LogP) is 2.79. The van der Waals surface area contributed by atoms with Crippen molar-refractivity contribution in [1.82, 2.24) is 4.57 Å². The number of carbonyl (C=O) groups excluding carboxylic acids is 2. The molecule has 1 aromatic heterocycles. The van der Waals surface area contributed by atoms with Crippen LogP contribution in [0.5, 0.6) is 0 Å². The molecule has 0 aliphatic heterocycles. The van der Waals surface area contributed by atoms with Crippen molar-refractivity contribution < 1.29 is 19.1 Å². The lowest BCUT2D eigenvalue weighted by Gasteiger charge is -2.12. The van der Waals surface area contributed by atoms with E-state index in [4.69, 9.17) is 9.47 Å². The van der Waals surface area contributed by atoms with Gasteiger partial charge in [0.1, 0.15) is 5.56 Å². The molecule has 0 spiro atoms. The Balaban J connectivity index is 2.27. The van der Waals surface area contributed by atoms with Gasteiger partial charge in [-0.25, -0.2) is 4.79 Å². The Kier molecular flexibility index (Phi) is 5.73. The number of aryl methyl sites for hydroxylation is 2. The van der Waals surface area contributed by atoms with E-state index in [0.717, 1.165) is 11.1 Å². The molecule has 0 unspecified atom stereocenters. The quantitative estimate of drug-likeness (QED) is 0.601. The molecule has 128 valence electrons. The van der Waals surface area contributed by atoms with E-state index in [1.807, 2.05) is 37.5 Å². The summed E-state index contributed by atoms with van der Waals surface area (Å²) in [5, 5.41) is 0.458. The van der Waals surface area contributed by atoms with Crippen LogP contribution in [0.25, 0.3) is 10.9 Å². The fourth-order valence-corrected chi connectivity index (χ4v) is 2.41. The molecular formula is C18H21NO5. The Morgan fingerprint density at radius 1 is 1.17 bits per heavy atom. The molecule has 2 rings (SSSR count). The SMILES string of the molecule is CCCC(=O)OCOC(=O)c1cn(CC)c2cc(C)ccc2c1=O. The summed E-state index contributed by atoms with van der Waals surface area (Å²) >= 11 is 0. The van der Waals surface area contributed by atoms with E-state index in [0.29, 0.717) is 18.4 Å². The first-order chi connectivity index (χ1) is 11.5. The van der Waals surface area contributed by atoms with Crippen molar-refractivity contribution in [3.05, 3.63) is 45.7 Å². The molecule has 6 nitrogen and oxygen atoms in total. The number of carbonyl (C=O) groups is 2. The van der Waals surface area contributed by atoms with E-state index >= 15 is 0 Å². The summed E-state index contributed by atoms with van der Waals surface area (Å²) in [4.78, 5) is 35.9. The molecule has 0 N–H and O–H groups in total. The monoisotopic (exact) mass is 331 g/mol. The zero-order valence-electron chi connectivity index (χ0n) is 14.1. The number of nitrogens with zero attached hydrogens (tertiary/aromatic N) is 1. The van der Waals surface area contributed by atoms with Crippen LogP contribution in [0.4, 0.5) is 0 Å². The van der Waals surface area contributed by atoms with Gasteiger partial charge in [0.05, 0.1) is 5.52 Å². The summed E-state index contributed by atoms with van der Waals surface area (Å²) in [7, 11) is 0. The highest BCUT2D eigenvalue weighted by molar-refractivity contribution is 5.93. The van der Waals surface area contributed by atoms with Gasteiger partial charge in [0.25, 0.3) is 0 Å². The highest BCUT2D eigenvalue weighted by Crippen LogP contribution is 2.14. The second kappa shape index (κ2) is 7.77. The molecule has 0 radical (unpaired) electrons. The Hall–Kier alpha value is -2.63. The second-order valence-corrected chi connectivity index (χ2v) is 5.49. The van der Waals surface area contributed by atoms with Crippen molar-refractivity contribution in [1.29, 1.82) is 0 Å². The molecule has 0 amide bonds. The summed E-state index contributed by atoms with van der Waals surface area (Å²) in [6, 6.07) is 5.43. The number of ether oxygens (including phenoxy) is 2. The third kappa shape index (κ3) is 3.82. The number of rotatable bonds is 6. The topological polar surface area (TPSA) is 74.6 Å². The molecular weight excluding hydrogens is 310 g/mol. The number of esters is 2. The van der Waals surface area contributed by atoms with Crippen molar-refractivity contribution in [2.24, 2.45) is 0 Å². The summed E-state index contributed by atoms with van der Waals surface area (Å²) in [5.41, 5.74) is 1.34. The van der Waals surface area contributed by atoms with Crippen molar-refractivity contribution in [3.8, 4) is 0 Å². The number of pyridine rings is 1. The van der Waals surface area contributed by atoms with Crippen LogP contribution in [0.3, 0.4) is 0 Å². The first kappa shape index (κ1) is 17.7. The van der Waals surface area contributed by atoms with Gasteiger partial charge < -0.3 is 14.0 Å². The third-order valence-electron chi connectivity index (χ3n) is 3.66. The number of hydrogen-bond donors (Lipinski definition) is 0. The highest BCUT2D eigenvalue weighted by atomic mass is 16.7. The summed E-state index contributed by atoms with van der Waals surface area (Å²) in [5.74, 6) is -1.24. The zero-order chi connectivity index (χ0) is 17.7. The molecule has 0 saturated carbocycles. The predicted molar refractivity (Wildman–Crippen MR) is 89.9 cm³/mol. The molecule has 2 aromatic rings. The van der Waals surface area contributed by atoms with Gasteiger partial charge in [-0.1, -0.05) is 13.0 Å². The van der Waals surface area contributed by atoms with Crippen LogP contribution in [-0.2, 0) is 20.8 Å². The van der Waals surface area contributed by atoms with E-state index in [9.17, 15) is 14.4 Å². The standard InChI is InChI=1S/C18H21NO5/c1-4-6-16(20)23-11-24-18(22)14-10-19(5-2)15-9-12(3)7-8-13(15)17(14)21/h7-10H,4-6,11H2,1-3H3. The Morgan fingerprint density at radius 2 is 1.92 bits per heavy atom. The van der Waals surface area contributed by atoms with Crippen LogP contribution in [0.2, 0.25) is 0 Å². The van der Waals surface area contributed by atoms with Gasteiger partial charge in [-0.3, -0.25) is 9.59 Å². The van der Waals surface area contributed by atoms with Gasteiger partial charge in [0, 0.05) is 24.5 Å². The average Bonchev–Trinajstić information content (AvgIpc) is 2.55. The zero-order valence-corrected chi connectivity index (χ0v) is 14.1. The molecule has 0 fully saturated rings. The summed E-state index contributed by atoms with van der Waals surface area (Å²) in [6.07, 6.45) is 2.40. The van der Waals surface area contributed by atoms with E-state index in [1.165, 1.54) is 6.20 Å². The molecule has 6 heteroatoms. The molecule has 24 heavy (non-hydrogen) atoms. The van der Waals surface area contributed by atoms with Gasteiger partial charge in [-0.05, 0) is 38.0 Å². The first-order valence-corrected chi connectivity index (χ1v) is 7.94. The fraction of sp³-hybridized carbons (Fsp3) is 0.389. The van der Waals surface area contributed by atoms with Crippen molar-refractivity contribution in [3.63, 3.8) is 0 Å². The van der Waals surface area contributed by atoms with Gasteiger partial charge >= 0.3 is 11.9 Å². The molecule has 0 atom stereocenters. The minimum Gasteiger partial charge on any atom is -0.428 e. The van der Waals surface area contributed by atoms with Crippen molar-refractivity contribution in [2.45, 2.75) is 40.2 Å². The van der Waals surface area contributed by atoms with E-state index < -0.39 is 18.7 Å². The van der Waals surface area contributed by atoms with Crippen molar-refractivity contribution in [2.75, 3.05) is 6.79 Å². The number of aromatic nitrogens is 1. The number of fused-ring (bicyclic) bond motifs is 1. The van der Waals surface area contributed by atoms with Crippen molar-refractivity contribution >= 4 is 22.8 Å². The molecule has 1 heterocycles. The third-order valence-corrected chi connectivity index (χ3v) is 3.66. The maximum atomic E-state index is 12.5. The summed E-state index contributed by atoms with van der Waals surface area (Å²) in [6.45, 7) is 5.82.